The van der Waals surface area contributed by atoms with E-state index in [-0.39, 0.29) is 5.43 Å². The zero-order valence-corrected chi connectivity index (χ0v) is 14.3. The van der Waals surface area contributed by atoms with Crippen molar-refractivity contribution in [1.82, 2.24) is 19.9 Å². The van der Waals surface area contributed by atoms with Gasteiger partial charge in [-0.1, -0.05) is 36.4 Å². The van der Waals surface area contributed by atoms with E-state index < -0.39 is 0 Å². The number of nitrogens with zero attached hydrogens (tertiary/aromatic N) is 3. The number of aromatic nitrogens is 4. The van der Waals surface area contributed by atoms with Crippen molar-refractivity contribution in [2.45, 2.75) is 0 Å². The molecule has 0 bridgehead atoms. The molecule has 3 aromatic heterocycles. The highest BCUT2D eigenvalue weighted by Crippen LogP contribution is 2.33. The Morgan fingerprint density at radius 1 is 0.778 bits per heavy atom. The Hall–Kier alpha value is -3.86. The Morgan fingerprint density at radius 2 is 1.59 bits per heavy atom. The molecule has 0 atom stereocenters. The predicted molar refractivity (Wildman–Crippen MR) is 106 cm³/mol. The molecule has 0 spiro atoms. The SMILES string of the molecule is O=c1cc[nH]c2nc(-c3ccccc3)c(-c3ccc4nccnc4c3)cc12. The van der Waals surface area contributed by atoms with Gasteiger partial charge in [0, 0.05) is 35.8 Å². The Labute approximate surface area is 154 Å². The molecule has 128 valence electrons. The summed E-state index contributed by atoms with van der Waals surface area (Å²) in [4.78, 5) is 28.9. The third-order valence-corrected chi connectivity index (χ3v) is 4.57. The number of nitrogens with one attached hydrogen (secondary N) is 1. The zero-order chi connectivity index (χ0) is 18.2. The fourth-order valence-electron chi connectivity index (χ4n) is 3.26. The lowest BCUT2D eigenvalue weighted by atomic mass is 9.97. The van der Waals surface area contributed by atoms with Crippen LogP contribution in [-0.4, -0.2) is 19.9 Å². The van der Waals surface area contributed by atoms with Gasteiger partial charge in [0.2, 0.25) is 0 Å². The molecule has 0 radical (unpaired) electrons. The fourth-order valence-corrected chi connectivity index (χ4v) is 3.26. The van der Waals surface area contributed by atoms with Crippen molar-refractivity contribution in [3.8, 4) is 22.4 Å². The van der Waals surface area contributed by atoms with Gasteiger partial charge in [0.15, 0.2) is 5.43 Å². The summed E-state index contributed by atoms with van der Waals surface area (Å²) in [6.07, 6.45) is 4.97. The van der Waals surface area contributed by atoms with Crippen molar-refractivity contribution in [3.05, 3.63) is 89.5 Å². The van der Waals surface area contributed by atoms with Crippen LogP contribution in [0.3, 0.4) is 0 Å². The molecule has 0 aliphatic rings. The van der Waals surface area contributed by atoms with E-state index in [0.29, 0.717) is 11.0 Å². The smallest absolute Gasteiger partial charge is 0.191 e. The van der Waals surface area contributed by atoms with Crippen molar-refractivity contribution < 1.29 is 0 Å². The lowest BCUT2D eigenvalue weighted by Gasteiger charge is -2.11. The maximum atomic E-state index is 12.3. The number of H-pyrrole nitrogens is 1. The standard InChI is InChI=1S/C22H14N4O/c27-20-8-9-25-22-17(20)13-16(21(26-22)14-4-2-1-3-5-14)15-6-7-18-19(12-15)24-11-10-23-18/h1-13H,(H,25,26,27). The molecular weight excluding hydrogens is 336 g/mol. The minimum Gasteiger partial charge on any atom is -0.346 e. The van der Waals surface area contributed by atoms with E-state index in [1.807, 2.05) is 54.6 Å². The molecule has 0 amide bonds. The van der Waals surface area contributed by atoms with Gasteiger partial charge < -0.3 is 4.98 Å². The lowest BCUT2D eigenvalue weighted by Crippen LogP contribution is -2.03. The van der Waals surface area contributed by atoms with Gasteiger partial charge in [0.25, 0.3) is 0 Å². The van der Waals surface area contributed by atoms with Crippen LogP contribution < -0.4 is 5.43 Å². The van der Waals surface area contributed by atoms with E-state index in [1.54, 1.807) is 18.6 Å². The molecule has 0 aliphatic heterocycles. The van der Waals surface area contributed by atoms with Crippen molar-refractivity contribution in [2.24, 2.45) is 0 Å². The largest absolute Gasteiger partial charge is 0.346 e. The highest BCUT2D eigenvalue weighted by atomic mass is 16.1. The quantitative estimate of drug-likeness (QED) is 0.518. The zero-order valence-electron chi connectivity index (χ0n) is 14.3. The first-order valence-electron chi connectivity index (χ1n) is 8.59. The van der Waals surface area contributed by atoms with E-state index in [1.165, 1.54) is 6.07 Å². The first-order chi connectivity index (χ1) is 13.3. The molecule has 0 saturated heterocycles. The molecule has 1 N–H and O–H groups in total. The molecule has 0 unspecified atom stereocenters. The van der Waals surface area contributed by atoms with Gasteiger partial charge >= 0.3 is 0 Å². The summed E-state index contributed by atoms with van der Waals surface area (Å²) in [6.45, 7) is 0. The van der Waals surface area contributed by atoms with Crippen LogP contribution >= 0.6 is 0 Å². The van der Waals surface area contributed by atoms with E-state index >= 15 is 0 Å². The molecule has 2 aromatic carbocycles. The average Bonchev–Trinajstić information content (AvgIpc) is 2.73. The van der Waals surface area contributed by atoms with Gasteiger partial charge in [0.1, 0.15) is 5.65 Å². The van der Waals surface area contributed by atoms with E-state index in [4.69, 9.17) is 4.98 Å². The Morgan fingerprint density at radius 3 is 2.44 bits per heavy atom. The van der Waals surface area contributed by atoms with E-state index in [2.05, 4.69) is 15.0 Å². The maximum absolute atomic E-state index is 12.3. The lowest BCUT2D eigenvalue weighted by molar-refractivity contribution is 1.27. The van der Waals surface area contributed by atoms with Crippen molar-refractivity contribution in [3.63, 3.8) is 0 Å². The summed E-state index contributed by atoms with van der Waals surface area (Å²) < 4.78 is 0. The van der Waals surface area contributed by atoms with Crippen LogP contribution in [0.15, 0.2) is 84.0 Å². The summed E-state index contributed by atoms with van der Waals surface area (Å²) in [5.74, 6) is 0. The molecule has 0 aliphatic carbocycles. The van der Waals surface area contributed by atoms with Crippen LogP contribution in [0.25, 0.3) is 44.5 Å². The molecule has 0 fully saturated rings. The number of rotatable bonds is 2. The summed E-state index contributed by atoms with van der Waals surface area (Å²) in [6, 6.07) is 19.3. The summed E-state index contributed by atoms with van der Waals surface area (Å²) >= 11 is 0. The van der Waals surface area contributed by atoms with Crippen molar-refractivity contribution >= 4 is 22.1 Å². The molecule has 5 aromatic rings. The number of hydrogen-bond acceptors (Lipinski definition) is 4. The fraction of sp³-hybridized carbons (Fsp3) is 0. The van der Waals surface area contributed by atoms with Crippen molar-refractivity contribution in [2.75, 3.05) is 0 Å². The Bertz CT molecular complexity index is 1340. The highest BCUT2D eigenvalue weighted by Gasteiger charge is 2.13. The molecule has 5 nitrogen and oxygen atoms in total. The number of benzene rings is 2. The first kappa shape index (κ1) is 15.4. The van der Waals surface area contributed by atoms with Gasteiger partial charge in [0.05, 0.1) is 22.1 Å². The number of pyridine rings is 2. The van der Waals surface area contributed by atoms with Gasteiger partial charge in [-0.25, -0.2) is 4.98 Å². The Balaban J connectivity index is 1.85. The van der Waals surface area contributed by atoms with Gasteiger partial charge in [-0.2, -0.15) is 0 Å². The van der Waals surface area contributed by atoms with Gasteiger partial charge in [-0.3, -0.25) is 14.8 Å². The predicted octanol–water partition coefficient (Wildman–Crippen LogP) is 4.20. The monoisotopic (exact) mass is 350 g/mol. The van der Waals surface area contributed by atoms with Crippen LogP contribution in [0.1, 0.15) is 0 Å². The minimum absolute atomic E-state index is 0.0577. The second-order valence-corrected chi connectivity index (χ2v) is 6.25. The second-order valence-electron chi connectivity index (χ2n) is 6.25. The van der Waals surface area contributed by atoms with Crippen LogP contribution in [0.4, 0.5) is 0 Å². The molecule has 27 heavy (non-hydrogen) atoms. The van der Waals surface area contributed by atoms with Crippen LogP contribution in [-0.2, 0) is 0 Å². The van der Waals surface area contributed by atoms with E-state index in [9.17, 15) is 4.79 Å². The first-order valence-corrected chi connectivity index (χ1v) is 8.59. The molecule has 0 saturated carbocycles. The third-order valence-electron chi connectivity index (χ3n) is 4.57. The normalized spacial score (nSPS) is 11.1. The summed E-state index contributed by atoms with van der Waals surface area (Å²) in [7, 11) is 0. The van der Waals surface area contributed by atoms with Crippen LogP contribution in [0.2, 0.25) is 0 Å². The second kappa shape index (κ2) is 6.14. The highest BCUT2D eigenvalue weighted by molar-refractivity contribution is 5.92. The average molecular weight is 350 g/mol. The summed E-state index contributed by atoms with van der Waals surface area (Å²) in [5, 5.41) is 0.562. The third kappa shape index (κ3) is 2.66. The number of fused-ring (bicyclic) bond motifs is 2. The van der Waals surface area contributed by atoms with Gasteiger partial charge in [-0.05, 0) is 23.8 Å². The van der Waals surface area contributed by atoms with Crippen molar-refractivity contribution in [1.29, 1.82) is 0 Å². The molecule has 5 rings (SSSR count). The Kier molecular flexibility index (Phi) is 3.50. The van der Waals surface area contributed by atoms with Crippen LogP contribution in [0.5, 0.6) is 0 Å². The van der Waals surface area contributed by atoms with Gasteiger partial charge in [-0.15, -0.1) is 0 Å². The maximum Gasteiger partial charge on any atom is 0.191 e. The number of aromatic amines is 1. The van der Waals surface area contributed by atoms with Crippen LogP contribution in [0, 0.1) is 0 Å². The van der Waals surface area contributed by atoms with E-state index in [0.717, 1.165) is 33.4 Å². The molecule has 5 heteroatoms. The molecular formula is C22H14N4O. The topological polar surface area (TPSA) is 71.5 Å². The summed E-state index contributed by atoms with van der Waals surface area (Å²) in [5.41, 5.74) is 5.78. The minimum atomic E-state index is -0.0577. The molecule has 3 heterocycles. The number of hydrogen-bond donors (Lipinski definition) is 1.